The number of ketones is 1. The van der Waals surface area contributed by atoms with E-state index in [-0.39, 0.29) is 11.3 Å². The number of nitrogens with zero attached hydrogens (tertiary/aromatic N) is 1. The van der Waals surface area contributed by atoms with Crippen LogP contribution in [0.4, 0.5) is 18.9 Å². The zero-order chi connectivity index (χ0) is 21.4. The van der Waals surface area contributed by atoms with Gasteiger partial charge in [-0.1, -0.05) is 42.5 Å². The third kappa shape index (κ3) is 3.24. The third-order valence-electron chi connectivity index (χ3n) is 4.86. The summed E-state index contributed by atoms with van der Waals surface area (Å²) < 4.78 is 40.7. The molecule has 1 amide bonds. The molecule has 3 aromatic rings. The SMILES string of the molecule is O=C1C(=O)N(c2ccc(F)c(F)c2)C(c2ccc(F)cc2)/C1=C(\O)c1ccccc1. The van der Waals surface area contributed by atoms with Gasteiger partial charge in [0.1, 0.15) is 11.6 Å². The number of carbonyl (C=O) groups is 2. The van der Waals surface area contributed by atoms with Crippen molar-refractivity contribution in [1.29, 1.82) is 0 Å². The minimum absolute atomic E-state index is 0.0718. The van der Waals surface area contributed by atoms with Crippen molar-refractivity contribution in [2.24, 2.45) is 0 Å². The first kappa shape index (κ1) is 19.4. The van der Waals surface area contributed by atoms with Gasteiger partial charge in [0.05, 0.1) is 11.6 Å². The zero-order valence-corrected chi connectivity index (χ0v) is 15.4. The molecule has 0 aliphatic carbocycles. The van der Waals surface area contributed by atoms with Crippen LogP contribution in [0.3, 0.4) is 0 Å². The number of amides is 1. The molecule has 0 bridgehead atoms. The highest BCUT2D eigenvalue weighted by Gasteiger charge is 2.47. The van der Waals surface area contributed by atoms with E-state index in [1.54, 1.807) is 30.3 Å². The molecule has 7 heteroatoms. The predicted octanol–water partition coefficient (Wildman–Crippen LogP) is 4.73. The summed E-state index contributed by atoms with van der Waals surface area (Å²) in [7, 11) is 0. The highest BCUT2D eigenvalue weighted by atomic mass is 19.2. The smallest absolute Gasteiger partial charge is 0.300 e. The Balaban J connectivity index is 1.95. The predicted molar refractivity (Wildman–Crippen MR) is 104 cm³/mol. The number of carbonyl (C=O) groups excluding carboxylic acids is 2. The van der Waals surface area contributed by atoms with Crippen LogP contribution in [0.1, 0.15) is 17.2 Å². The fourth-order valence-corrected chi connectivity index (χ4v) is 3.45. The fraction of sp³-hybridized carbons (Fsp3) is 0.0435. The summed E-state index contributed by atoms with van der Waals surface area (Å²) in [6, 6.07) is 14.8. The number of aliphatic hydroxyl groups excluding tert-OH is 1. The summed E-state index contributed by atoms with van der Waals surface area (Å²) in [6.07, 6.45) is 0. The number of halogens is 3. The van der Waals surface area contributed by atoms with Gasteiger partial charge < -0.3 is 5.11 Å². The van der Waals surface area contributed by atoms with Crippen LogP contribution in [-0.4, -0.2) is 16.8 Å². The van der Waals surface area contributed by atoms with Crippen LogP contribution in [0, 0.1) is 17.5 Å². The maximum Gasteiger partial charge on any atom is 0.300 e. The van der Waals surface area contributed by atoms with Gasteiger partial charge in [0.2, 0.25) is 0 Å². The summed E-state index contributed by atoms with van der Waals surface area (Å²) in [5, 5.41) is 10.8. The van der Waals surface area contributed by atoms with Crippen molar-refractivity contribution in [3.8, 4) is 0 Å². The van der Waals surface area contributed by atoms with E-state index in [1.807, 2.05) is 0 Å². The molecule has 1 heterocycles. The normalized spacial score (nSPS) is 18.1. The Hall–Kier alpha value is -3.87. The van der Waals surface area contributed by atoms with E-state index in [0.29, 0.717) is 11.1 Å². The Bertz CT molecular complexity index is 1170. The van der Waals surface area contributed by atoms with Crippen molar-refractivity contribution < 1.29 is 27.9 Å². The summed E-state index contributed by atoms with van der Waals surface area (Å²) in [5.41, 5.74) is 0.311. The van der Waals surface area contributed by atoms with E-state index in [1.165, 1.54) is 12.1 Å². The lowest BCUT2D eigenvalue weighted by Gasteiger charge is -2.25. The summed E-state index contributed by atoms with van der Waals surface area (Å²) in [6.45, 7) is 0. The van der Waals surface area contributed by atoms with Crippen molar-refractivity contribution in [3.05, 3.63) is 107 Å². The number of anilines is 1. The van der Waals surface area contributed by atoms with Crippen LogP contribution < -0.4 is 4.90 Å². The van der Waals surface area contributed by atoms with Crippen LogP contribution in [0.25, 0.3) is 5.76 Å². The van der Waals surface area contributed by atoms with Gasteiger partial charge in [-0.25, -0.2) is 13.2 Å². The number of Topliss-reactive ketones (excluding diaryl/α,β-unsaturated/α-hetero) is 1. The van der Waals surface area contributed by atoms with Crippen molar-refractivity contribution in [2.45, 2.75) is 6.04 Å². The van der Waals surface area contributed by atoms with Crippen molar-refractivity contribution in [3.63, 3.8) is 0 Å². The number of hydrogen-bond acceptors (Lipinski definition) is 3. The highest BCUT2D eigenvalue weighted by molar-refractivity contribution is 6.51. The highest BCUT2D eigenvalue weighted by Crippen LogP contribution is 2.42. The molecule has 4 nitrogen and oxygen atoms in total. The molecule has 3 aromatic carbocycles. The molecule has 1 unspecified atom stereocenters. The quantitative estimate of drug-likeness (QED) is 0.387. The molecule has 1 N–H and O–H groups in total. The molecule has 0 radical (unpaired) electrons. The molecular weight excluding hydrogens is 395 g/mol. The number of hydrogen-bond donors (Lipinski definition) is 1. The van der Waals surface area contributed by atoms with Gasteiger partial charge in [0.15, 0.2) is 11.6 Å². The summed E-state index contributed by atoms with van der Waals surface area (Å²) in [5.74, 6) is -5.28. The molecule has 0 saturated carbocycles. The van der Waals surface area contributed by atoms with Crippen molar-refractivity contribution in [2.75, 3.05) is 4.90 Å². The molecular formula is C23H14F3NO3. The lowest BCUT2D eigenvalue weighted by molar-refractivity contribution is -0.132. The van der Waals surface area contributed by atoms with Gasteiger partial charge in [-0.3, -0.25) is 14.5 Å². The first-order valence-electron chi connectivity index (χ1n) is 8.95. The molecule has 1 atom stereocenters. The molecule has 4 rings (SSSR count). The largest absolute Gasteiger partial charge is 0.507 e. The first-order valence-corrected chi connectivity index (χ1v) is 8.95. The Kier molecular flexibility index (Phi) is 4.87. The first-order chi connectivity index (χ1) is 14.4. The second-order valence-corrected chi connectivity index (χ2v) is 6.69. The average Bonchev–Trinajstić information content (AvgIpc) is 3.01. The Morgan fingerprint density at radius 2 is 1.50 bits per heavy atom. The van der Waals surface area contributed by atoms with Crippen LogP contribution in [0.5, 0.6) is 0 Å². The Labute approximate surface area is 169 Å². The lowest BCUT2D eigenvalue weighted by Crippen LogP contribution is -2.29. The van der Waals surface area contributed by atoms with Crippen LogP contribution in [-0.2, 0) is 9.59 Å². The second-order valence-electron chi connectivity index (χ2n) is 6.69. The van der Waals surface area contributed by atoms with E-state index in [0.717, 1.165) is 35.2 Å². The number of rotatable bonds is 3. The topological polar surface area (TPSA) is 57.6 Å². The summed E-state index contributed by atoms with van der Waals surface area (Å²) >= 11 is 0. The molecule has 1 aliphatic heterocycles. The number of aliphatic hydroxyl groups is 1. The average molecular weight is 409 g/mol. The maximum absolute atomic E-state index is 13.9. The molecule has 1 saturated heterocycles. The van der Waals surface area contributed by atoms with Crippen LogP contribution in [0.15, 0.2) is 78.4 Å². The van der Waals surface area contributed by atoms with Crippen molar-refractivity contribution in [1.82, 2.24) is 0 Å². The monoisotopic (exact) mass is 409 g/mol. The Morgan fingerprint density at radius 3 is 2.13 bits per heavy atom. The molecule has 150 valence electrons. The molecule has 0 spiro atoms. The van der Waals surface area contributed by atoms with Gasteiger partial charge in [-0.2, -0.15) is 0 Å². The van der Waals surface area contributed by atoms with Gasteiger partial charge in [0.25, 0.3) is 11.7 Å². The minimum Gasteiger partial charge on any atom is -0.507 e. The lowest BCUT2D eigenvalue weighted by atomic mass is 9.95. The van der Waals surface area contributed by atoms with Gasteiger partial charge in [-0.15, -0.1) is 0 Å². The zero-order valence-electron chi connectivity index (χ0n) is 15.4. The van der Waals surface area contributed by atoms with Crippen LogP contribution >= 0.6 is 0 Å². The van der Waals surface area contributed by atoms with Gasteiger partial charge in [-0.05, 0) is 29.8 Å². The van der Waals surface area contributed by atoms with E-state index in [2.05, 4.69) is 0 Å². The minimum atomic E-state index is -1.20. The fourth-order valence-electron chi connectivity index (χ4n) is 3.45. The van der Waals surface area contributed by atoms with Crippen LogP contribution in [0.2, 0.25) is 0 Å². The van der Waals surface area contributed by atoms with E-state index in [9.17, 15) is 27.9 Å². The number of benzene rings is 3. The molecule has 30 heavy (non-hydrogen) atoms. The molecule has 0 aromatic heterocycles. The second kappa shape index (κ2) is 7.51. The van der Waals surface area contributed by atoms with E-state index in [4.69, 9.17) is 0 Å². The maximum atomic E-state index is 13.9. The Morgan fingerprint density at radius 1 is 0.833 bits per heavy atom. The standard InChI is InChI=1S/C23H14F3NO3/c24-15-8-6-13(7-9-15)20-19(21(28)14-4-2-1-3-5-14)22(29)23(30)27(20)16-10-11-17(25)18(26)12-16/h1-12,20,28H/b21-19+. The van der Waals surface area contributed by atoms with E-state index >= 15 is 0 Å². The summed E-state index contributed by atoms with van der Waals surface area (Å²) in [4.78, 5) is 26.7. The molecule has 1 aliphatic rings. The molecule has 1 fully saturated rings. The van der Waals surface area contributed by atoms with Gasteiger partial charge >= 0.3 is 0 Å². The van der Waals surface area contributed by atoms with E-state index < -0.39 is 40.9 Å². The third-order valence-corrected chi connectivity index (χ3v) is 4.86. The van der Waals surface area contributed by atoms with Crippen molar-refractivity contribution >= 4 is 23.1 Å². The van der Waals surface area contributed by atoms with Gasteiger partial charge in [0, 0.05) is 17.3 Å².